The number of hydrogen-bond acceptors (Lipinski definition) is 6. The van der Waals surface area contributed by atoms with Gasteiger partial charge in [0.2, 0.25) is 0 Å². The third kappa shape index (κ3) is 48.4. The summed E-state index contributed by atoms with van der Waals surface area (Å²) in [6.07, 6.45) is 60.9. The van der Waals surface area contributed by atoms with Gasteiger partial charge < -0.3 is 14.2 Å². The largest absolute Gasteiger partial charge is 0.462 e. The van der Waals surface area contributed by atoms with E-state index in [0.717, 1.165) is 83.5 Å². The maximum Gasteiger partial charge on any atom is 0.306 e. The molecule has 0 radical (unpaired) electrons. The van der Waals surface area contributed by atoms with E-state index in [-0.39, 0.29) is 31.1 Å². The summed E-state index contributed by atoms with van der Waals surface area (Å²) in [7, 11) is 0. The maximum absolute atomic E-state index is 12.8. The molecule has 0 N–H and O–H groups in total. The highest BCUT2D eigenvalue weighted by Gasteiger charge is 2.19. The quantitative estimate of drug-likeness (QED) is 0.0262. The minimum absolute atomic E-state index is 0.0804. The van der Waals surface area contributed by atoms with E-state index in [1.807, 2.05) is 0 Å². The van der Waals surface area contributed by atoms with E-state index >= 15 is 0 Å². The molecule has 0 rings (SSSR count). The Labute approximate surface area is 384 Å². The van der Waals surface area contributed by atoms with Crippen molar-refractivity contribution in [3.63, 3.8) is 0 Å². The number of carbonyl (C=O) groups is 3. The highest BCUT2D eigenvalue weighted by molar-refractivity contribution is 5.71. The Hall–Kier alpha value is -2.63. The van der Waals surface area contributed by atoms with Gasteiger partial charge in [-0.3, -0.25) is 14.4 Å². The average molecular weight is 869 g/mol. The van der Waals surface area contributed by atoms with Gasteiger partial charge in [-0.15, -0.1) is 0 Å². The van der Waals surface area contributed by atoms with Crippen molar-refractivity contribution in [2.24, 2.45) is 0 Å². The fourth-order valence-electron chi connectivity index (χ4n) is 7.45. The highest BCUT2D eigenvalue weighted by atomic mass is 16.6. The molecule has 0 spiro atoms. The number of unbranched alkanes of at least 4 members (excludes halogenated alkanes) is 29. The first-order chi connectivity index (χ1) is 30.5. The average Bonchev–Trinajstić information content (AvgIpc) is 3.27. The van der Waals surface area contributed by atoms with Crippen LogP contribution in [0, 0.1) is 0 Å². The lowest BCUT2D eigenvalue weighted by atomic mass is 10.1. The number of hydrogen-bond donors (Lipinski definition) is 0. The second-order valence-corrected chi connectivity index (χ2v) is 17.8. The van der Waals surface area contributed by atoms with Gasteiger partial charge in [-0.2, -0.15) is 0 Å². The summed E-state index contributed by atoms with van der Waals surface area (Å²) in [4.78, 5) is 38.0. The zero-order chi connectivity index (χ0) is 45.1. The highest BCUT2D eigenvalue weighted by Crippen LogP contribution is 2.15. The number of rotatable bonds is 48. The normalized spacial score (nSPS) is 12.4. The van der Waals surface area contributed by atoms with Gasteiger partial charge >= 0.3 is 17.9 Å². The predicted octanol–water partition coefficient (Wildman–Crippen LogP) is 17.5. The van der Waals surface area contributed by atoms with E-state index in [0.29, 0.717) is 19.3 Å². The van der Waals surface area contributed by atoms with Crippen LogP contribution in [-0.2, 0) is 28.6 Å². The number of allylic oxidation sites excluding steroid dienone is 8. The van der Waals surface area contributed by atoms with Crippen molar-refractivity contribution in [1.29, 1.82) is 0 Å². The molecule has 0 fully saturated rings. The molecule has 0 aromatic rings. The molecule has 0 aliphatic carbocycles. The Bertz CT molecular complexity index is 1090. The van der Waals surface area contributed by atoms with Gasteiger partial charge in [0.05, 0.1) is 0 Å². The summed E-state index contributed by atoms with van der Waals surface area (Å²) in [5, 5.41) is 0. The summed E-state index contributed by atoms with van der Waals surface area (Å²) in [6.45, 7) is 6.56. The van der Waals surface area contributed by atoms with Crippen molar-refractivity contribution in [1.82, 2.24) is 0 Å². The Kier molecular flexibility index (Phi) is 48.8. The topological polar surface area (TPSA) is 78.9 Å². The van der Waals surface area contributed by atoms with Crippen LogP contribution < -0.4 is 0 Å². The molecule has 0 heterocycles. The number of carbonyl (C=O) groups excluding carboxylic acids is 3. The second kappa shape index (κ2) is 51.0. The standard InChI is InChI=1S/C56H100O6/c1-4-7-10-13-16-19-22-24-26-27-28-29-30-32-34-37-40-43-46-49-55(58)61-52-53(51-60-54(57)48-45-42-39-36-33-21-18-15-12-9-6-3)62-56(59)50-47-44-41-38-35-31-25-23-20-17-14-11-8-5-2/h15-16,18-19,23-26,53H,4-14,17,20-22,27-52H2,1-3H3/b18-15-,19-16-,25-23-,26-24-/t53-/m1/s1. The molecule has 0 saturated carbocycles. The molecule has 0 bridgehead atoms. The first-order valence-electron chi connectivity index (χ1n) is 26.6. The molecule has 0 aliphatic rings. The summed E-state index contributed by atoms with van der Waals surface area (Å²) in [6, 6.07) is 0. The second-order valence-electron chi connectivity index (χ2n) is 17.8. The molecule has 6 heteroatoms. The molecule has 0 aromatic heterocycles. The van der Waals surface area contributed by atoms with Crippen LogP contribution in [0.15, 0.2) is 48.6 Å². The Morgan fingerprint density at radius 3 is 0.984 bits per heavy atom. The van der Waals surface area contributed by atoms with E-state index in [2.05, 4.69) is 69.4 Å². The zero-order valence-corrected chi connectivity index (χ0v) is 41.1. The van der Waals surface area contributed by atoms with Crippen LogP contribution >= 0.6 is 0 Å². The number of esters is 3. The van der Waals surface area contributed by atoms with E-state index in [1.165, 1.54) is 148 Å². The third-order valence-electron chi connectivity index (χ3n) is 11.5. The summed E-state index contributed by atoms with van der Waals surface area (Å²) in [5.74, 6) is -0.896. The van der Waals surface area contributed by atoms with E-state index in [9.17, 15) is 14.4 Å². The van der Waals surface area contributed by atoms with Gasteiger partial charge in [-0.1, -0.05) is 204 Å². The molecular weight excluding hydrogens is 769 g/mol. The molecule has 6 nitrogen and oxygen atoms in total. The zero-order valence-electron chi connectivity index (χ0n) is 41.1. The molecule has 0 amide bonds. The van der Waals surface area contributed by atoms with Crippen molar-refractivity contribution in [2.75, 3.05) is 13.2 Å². The predicted molar refractivity (Wildman–Crippen MR) is 265 cm³/mol. The van der Waals surface area contributed by atoms with Crippen LogP contribution in [0.25, 0.3) is 0 Å². The van der Waals surface area contributed by atoms with Crippen LogP contribution in [0.2, 0.25) is 0 Å². The molecular formula is C56H100O6. The van der Waals surface area contributed by atoms with Crippen molar-refractivity contribution >= 4 is 17.9 Å². The molecule has 62 heavy (non-hydrogen) atoms. The first kappa shape index (κ1) is 59.4. The van der Waals surface area contributed by atoms with Crippen LogP contribution in [-0.4, -0.2) is 37.2 Å². The SMILES string of the molecule is CCCC/C=C\CCCCCCCC(=O)OC[C@H](COC(=O)CCCCCCCCCCC/C=C\C/C=C\CCCCC)OC(=O)CCCCCCC/C=C\CCCCCCC. The van der Waals surface area contributed by atoms with Crippen LogP contribution in [0.3, 0.4) is 0 Å². The van der Waals surface area contributed by atoms with Gasteiger partial charge in [0.1, 0.15) is 13.2 Å². The van der Waals surface area contributed by atoms with Crippen molar-refractivity contribution < 1.29 is 28.6 Å². The lowest BCUT2D eigenvalue weighted by molar-refractivity contribution is -0.167. The summed E-state index contributed by atoms with van der Waals surface area (Å²) >= 11 is 0. The van der Waals surface area contributed by atoms with E-state index in [1.54, 1.807) is 0 Å². The number of ether oxygens (including phenoxy) is 3. The Balaban J connectivity index is 4.34. The fourth-order valence-corrected chi connectivity index (χ4v) is 7.45. The summed E-state index contributed by atoms with van der Waals surface area (Å²) < 4.78 is 16.8. The van der Waals surface area contributed by atoms with Gasteiger partial charge in [0, 0.05) is 19.3 Å². The lowest BCUT2D eigenvalue weighted by Gasteiger charge is -2.18. The van der Waals surface area contributed by atoms with Gasteiger partial charge in [-0.25, -0.2) is 0 Å². The third-order valence-corrected chi connectivity index (χ3v) is 11.5. The van der Waals surface area contributed by atoms with E-state index in [4.69, 9.17) is 14.2 Å². The lowest BCUT2D eigenvalue weighted by Crippen LogP contribution is -2.30. The van der Waals surface area contributed by atoms with Gasteiger partial charge in [0.15, 0.2) is 6.10 Å². The monoisotopic (exact) mass is 869 g/mol. The molecule has 0 saturated heterocycles. The van der Waals surface area contributed by atoms with Crippen molar-refractivity contribution in [3.05, 3.63) is 48.6 Å². The fraction of sp³-hybridized carbons (Fsp3) is 0.804. The molecule has 360 valence electrons. The molecule has 1 atom stereocenters. The van der Waals surface area contributed by atoms with Gasteiger partial charge in [-0.05, 0) is 96.3 Å². The minimum atomic E-state index is -0.780. The minimum Gasteiger partial charge on any atom is -0.462 e. The summed E-state index contributed by atoms with van der Waals surface area (Å²) in [5.41, 5.74) is 0. The maximum atomic E-state index is 12.8. The smallest absolute Gasteiger partial charge is 0.306 e. The molecule has 0 aliphatic heterocycles. The van der Waals surface area contributed by atoms with Crippen molar-refractivity contribution in [2.45, 2.75) is 277 Å². The van der Waals surface area contributed by atoms with Crippen LogP contribution in [0.1, 0.15) is 271 Å². The first-order valence-corrected chi connectivity index (χ1v) is 26.6. The Morgan fingerprint density at radius 1 is 0.323 bits per heavy atom. The Morgan fingerprint density at radius 2 is 0.597 bits per heavy atom. The molecule has 0 aromatic carbocycles. The van der Waals surface area contributed by atoms with Crippen molar-refractivity contribution in [3.8, 4) is 0 Å². The van der Waals surface area contributed by atoms with Crippen LogP contribution in [0.4, 0.5) is 0 Å². The van der Waals surface area contributed by atoms with Crippen LogP contribution in [0.5, 0.6) is 0 Å². The molecule has 0 unspecified atom stereocenters. The van der Waals surface area contributed by atoms with Gasteiger partial charge in [0.25, 0.3) is 0 Å². The van der Waals surface area contributed by atoms with E-state index < -0.39 is 6.10 Å².